The summed E-state index contributed by atoms with van der Waals surface area (Å²) >= 11 is 8.12. The highest BCUT2D eigenvalue weighted by molar-refractivity contribution is 8.16. The van der Waals surface area contributed by atoms with Crippen LogP contribution in [-0.2, 0) is 14.3 Å². The Bertz CT molecular complexity index is 1210. The second-order valence-corrected chi connectivity index (χ2v) is 9.88. The monoisotopic (exact) mass is 509 g/mol. The molecular formula is C27H28ClN3O3S. The van der Waals surface area contributed by atoms with Gasteiger partial charge in [0.05, 0.1) is 30.3 Å². The van der Waals surface area contributed by atoms with Gasteiger partial charge in [0.2, 0.25) is 5.91 Å². The van der Waals surface area contributed by atoms with Gasteiger partial charge in [0.1, 0.15) is 0 Å². The predicted molar refractivity (Wildman–Crippen MR) is 142 cm³/mol. The highest BCUT2D eigenvalue weighted by Gasteiger charge is 2.43. The number of hydrogen-bond donors (Lipinski definition) is 1. The van der Waals surface area contributed by atoms with Gasteiger partial charge in [0.15, 0.2) is 5.17 Å². The van der Waals surface area contributed by atoms with E-state index in [9.17, 15) is 9.59 Å². The number of amidine groups is 1. The van der Waals surface area contributed by atoms with Crippen LogP contribution in [0.1, 0.15) is 44.4 Å². The molecule has 6 nitrogen and oxygen atoms in total. The number of ether oxygens (including phenoxy) is 1. The van der Waals surface area contributed by atoms with Crippen molar-refractivity contribution in [2.45, 2.75) is 33.2 Å². The predicted octanol–water partition coefficient (Wildman–Crippen LogP) is 5.78. The summed E-state index contributed by atoms with van der Waals surface area (Å²) in [5.74, 6) is -0.194. The number of rotatable bonds is 8. The molecule has 1 unspecified atom stereocenters. The van der Waals surface area contributed by atoms with Gasteiger partial charge < -0.3 is 15.0 Å². The van der Waals surface area contributed by atoms with E-state index in [0.29, 0.717) is 33.9 Å². The summed E-state index contributed by atoms with van der Waals surface area (Å²) in [6.45, 7) is 6.70. The van der Waals surface area contributed by atoms with Crippen LogP contribution in [0.2, 0.25) is 5.02 Å². The number of aliphatic imine (C=N–C) groups is 1. The summed E-state index contributed by atoms with van der Waals surface area (Å²) in [5.41, 5.74) is 3.25. The minimum Gasteiger partial charge on any atom is -0.463 e. The highest BCUT2D eigenvalue weighted by atomic mass is 35.5. The smallest absolute Gasteiger partial charge is 0.338 e. The lowest BCUT2D eigenvalue weighted by molar-refractivity contribution is -0.139. The van der Waals surface area contributed by atoms with E-state index in [0.717, 1.165) is 16.8 Å². The summed E-state index contributed by atoms with van der Waals surface area (Å²) in [6, 6.07) is 16.4. The maximum atomic E-state index is 13.4. The highest BCUT2D eigenvalue weighted by Crippen LogP contribution is 2.48. The minimum absolute atomic E-state index is 0.0831. The van der Waals surface area contributed by atoms with Crippen LogP contribution in [0.5, 0.6) is 0 Å². The Morgan fingerprint density at radius 3 is 2.54 bits per heavy atom. The fourth-order valence-corrected chi connectivity index (χ4v) is 5.18. The zero-order valence-electron chi connectivity index (χ0n) is 20.0. The van der Waals surface area contributed by atoms with Gasteiger partial charge in [0, 0.05) is 22.8 Å². The van der Waals surface area contributed by atoms with E-state index in [1.54, 1.807) is 13.0 Å². The molecule has 0 fully saturated rings. The number of carbonyl (C=O) groups excluding carboxylic acids is 2. The van der Waals surface area contributed by atoms with Crippen molar-refractivity contribution in [1.29, 1.82) is 0 Å². The molecule has 2 heterocycles. The Hall–Kier alpha value is -3.03. The first-order chi connectivity index (χ1) is 16.9. The van der Waals surface area contributed by atoms with Crippen molar-refractivity contribution in [2.24, 2.45) is 10.9 Å². The molecule has 4 rings (SSSR count). The number of benzene rings is 2. The molecule has 0 aromatic heterocycles. The number of nitrogens with one attached hydrogen (secondary N) is 1. The van der Waals surface area contributed by atoms with Gasteiger partial charge in [-0.25, -0.2) is 9.79 Å². The van der Waals surface area contributed by atoms with Crippen molar-refractivity contribution in [2.75, 3.05) is 13.2 Å². The third-order valence-corrected chi connectivity index (χ3v) is 6.83. The van der Waals surface area contributed by atoms with Gasteiger partial charge in [0.25, 0.3) is 0 Å². The van der Waals surface area contributed by atoms with Gasteiger partial charge in [-0.3, -0.25) is 4.79 Å². The minimum atomic E-state index is -0.593. The third kappa shape index (κ3) is 5.46. The van der Waals surface area contributed by atoms with E-state index < -0.39 is 12.0 Å². The van der Waals surface area contributed by atoms with E-state index >= 15 is 0 Å². The Balaban J connectivity index is 1.84. The van der Waals surface area contributed by atoms with Crippen molar-refractivity contribution in [3.8, 4) is 0 Å². The number of carbonyl (C=O) groups is 2. The molecule has 2 aromatic rings. The molecule has 2 aromatic carbocycles. The quantitative estimate of drug-likeness (QED) is 0.457. The number of thioether (sulfide) groups is 1. The van der Waals surface area contributed by atoms with Gasteiger partial charge in [-0.15, -0.1) is 0 Å². The maximum absolute atomic E-state index is 13.4. The number of hydrogen-bond acceptors (Lipinski definition) is 6. The second-order valence-electron chi connectivity index (χ2n) is 8.64. The molecule has 1 atom stereocenters. The Morgan fingerprint density at radius 2 is 1.86 bits per heavy atom. The van der Waals surface area contributed by atoms with Crippen molar-refractivity contribution in [3.05, 3.63) is 87.4 Å². The van der Waals surface area contributed by atoms with Crippen LogP contribution in [-0.4, -0.2) is 35.1 Å². The van der Waals surface area contributed by atoms with E-state index in [1.165, 1.54) is 11.8 Å². The number of halogens is 1. The molecule has 1 amide bonds. The lowest BCUT2D eigenvalue weighted by Crippen LogP contribution is -2.38. The Labute approximate surface area is 215 Å². The normalized spacial score (nSPS) is 17.2. The number of amides is 1. The molecule has 182 valence electrons. The third-order valence-electron chi connectivity index (χ3n) is 5.60. The van der Waals surface area contributed by atoms with Crippen LogP contribution in [0.15, 0.2) is 76.3 Å². The van der Waals surface area contributed by atoms with Gasteiger partial charge >= 0.3 is 5.97 Å². The fourth-order valence-electron chi connectivity index (χ4n) is 4.02. The molecule has 0 saturated carbocycles. The summed E-state index contributed by atoms with van der Waals surface area (Å²) in [7, 11) is 0. The fraction of sp³-hybridized carbons (Fsp3) is 0.296. The van der Waals surface area contributed by atoms with Gasteiger partial charge in [-0.05, 0) is 29.9 Å². The molecule has 0 spiro atoms. The molecule has 35 heavy (non-hydrogen) atoms. The van der Waals surface area contributed by atoms with Crippen LogP contribution in [0, 0.1) is 5.92 Å². The first-order valence-corrected chi connectivity index (χ1v) is 12.9. The van der Waals surface area contributed by atoms with Crippen molar-refractivity contribution in [3.63, 3.8) is 0 Å². The summed E-state index contributed by atoms with van der Waals surface area (Å²) in [6.07, 6.45) is 0.163. The number of nitrogens with zero attached hydrogens (tertiary/aromatic N) is 2. The van der Waals surface area contributed by atoms with E-state index in [4.69, 9.17) is 21.3 Å². The molecule has 1 N–H and O–H groups in total. The summed E-state index contributed by atoms with van der Waals surface area (Å²) < 4.78 is 5.51. The zero-order valence-corrected chi connectivity index (χ0v) is 21.5. The van der Waals surface area contributed by atoms with E-state index in [1.807, 2.05) is 58.8 Å². The SMILES string of the molecule is CCOC(=O)C1=C(c2ccccc2)N=C2SC=C(CC(=O)NCC(C)C)N2C1c1ccccc1Cl. The van der Waals surface area contributed by atoms with Crippen molar-refractivity contribution in [1.82, 2.24) is 10.2 Å². The van der Waals surface area contributed by atoms with Crippen LogP contribution in [0.3, 0.4) is 0 Å². The first-order valence-electron chi connectivity index (χ1n) is 11.6. The molecule has 0 bridgehead atoms. The Kier molecular flexibility index (Phi) is 7.98. The number of esters is 1. The summed E-state index contributed by atoms with van der Waals surface area (Å²) in [5, 5.41) is 6.11. The second kappa shape index (κ2) is 11.1. The molecule has 0 aliphatic carbocycles. The standard InChI is InChI=1S/C27H28ClN3O3S/c1-4-34-26(33)23-24(18-10-6-5-7-11-18)30-27-31(25(23)20-12-8-9-13-21(20)28)19(16-35-27)14-22(32)29-15-17(2)3/h5-13,16-17,25H,4,14-15H2,1-3H3,(H,29,32). The van der Waals surface area contributed by atoms with Gasteiger partial charge in [-0.1, -0.05) is 85.7 Å². The molecule has 8 heteroatoms. The molecular weight excluding hydrogens is 482 g/mol. The van der Waals surface area contributed by atoms with Crippen LogP contribution >= 0.6 is 23.4 Å². The average Bonchev–Trinajstić information content (AvgIpc) is 3.25. The Morgan fingerprint density at radius 1 is 1.14 bits per heavy atom. The summed E-state index contributed by atoms with van der Waals surface area (Å²) in [4.78, 5) is 33.0. The zero-order chi connectivity index (χ0) is 24.9. The molecule has 2 aliphatic rings. The first kappa shape index (κ1) is 25.1. The molecule has 2 aliphatic heterocycles. The maximum Gasteiger partial charge on any atom is 0.338 e. The van der Waals surface area contributed by atoms with Crippen molar-refractivity contribution >= 4 is 46.1 Å². The molecule has 0 radical (unpaired) electrons. The van der Waals surface area contributed by atoms with E-state index in [2.05, 4.69) is 19.2 Å². The topological polar surface area (TPSA) is 71.0 Å². The van der Waals surface area contributed by atoms with E-state index in [-0.39, 0.29) is 18.9 Å². The van der Waals surface area contributed by atoms with Crippen molar-refractivity contribution < 1.29 is 14.3 Å². The lowest BCUT2D eigenvalue weighted by atomic mass is 9.91. The van der Waals surface area contributed by atoms with Gasteiger partial charge in [-0.2, -0.15) is 0 Å². The van der Waals surface area contributed by atoms with Crippen LogP contribution < -0.4 is 5.32 Å². The largest absolute Gasteiger partial charge is 0.463 e. The lowest BCUT2D eigenvalue weighted by Gasteiger charge is -2.37. The molecule has 0 saturated heterocycles. The number of fused-ring (bicyclic) bond motifs is 1. The van der Waals surface area contributed by atoms with Crippen LogP contribution in [0.4, 0.5) is 0 Å². The average molecular weight is 510 g/mol. The van der Waals surface area contributed by atoms with Crippen LogP contribution in [0.25, 0.3) is 5.70 Å².